The number of aryl methyl sites for hydroxylation is 1. The molecule has 0 bridgehead atoms. The lowest BCUT2D eigenvalue weighted by molar-refractivity contribution is 0.144. The third kappa shape index (κ3) is 2.05. The van der Waals surface area contributed by atoms with Crippen LogP contribution in [0.5, 0.6) is 0 Å². The van der Waals surface area contributed by atoms with Crippen LogP contribution in [0.2, 0.25) is 0 Å². The normalized spacial score (nSPS) is 20.6. The minimum Gasteiger partial charge on any atom is -0.343 e. The highest BCUT2D eigenvalue weighted by molar-refractivity contribution is 5.86. The van der Waals surface area contributed by atoms with Crippen LogP contribution in [0, 0.1) is 0 Å². The van der Waals surface area contributed by atoms with Crippen LogP contribution in [0.4, 0.5) is 0 Å². The maximum atomic E-state index is 2.70. The summed E-state index contributed by atoms with van der Waals surface area (Å²) in [6, 6.07) is 20.5. The maximum Gasteiger partial charge on any atom is 0.0507 e. The van der Waals surface area contributed by atoms with E-state index in [9.17, 15) is 0 Å². The fourth-order valence-corrected chi connectivity index (χ4v) is 4.63. The van der Waals surface area contributed by atoms with Crippen LogP contribution < -0.4 is 0 Å². The van der Waals surface area contributed by atoms with Gasteiger partial charge in [0.1, 0.15) is 0 Å². The van der Waals surface area contributed by atoms with E-state index in [0.717, 1.165) is 6.54 Å². The van der Waals surface area contributed by atoms with Gasteiger partial charge < -0.3 is 4.57 Å². The molecule has 0 amide bonds. The zero-order chi connectivity index (χ0) is 15.2. The van der Waals surface area contributed by atoms with E-state index >= 15 is 0 Å². The fourth-order valence-electron chi connectivity index (χ4n) is 4.63. The van der Waals surface area contributed by atoms with Gasteiger partial charge in [-0.15, -0.1) is 0 Å². The number of para-hydroxylation sites is 1. The van der Waals surface area contributed by atoms with Crippen molar-refractivity contribution in [2.75, 3.05) is 6.54 Å². The molecule has 0 fully saturated rings. The van der Waals surface area contributed by atoms with Gasteiger partial charge in [-0.05, 0) is 36.5 Å². The molecular weight excluding hydrogens is 280 g/mol. The third-order valence-electron chi connectivity index (χ3n) is 5.61. The summed E-state index contributed by atoms with van der Waals surface area (Å²) in [5, 5.41) is 1.49. The number of aromatic nitrogens is 1. The summed E-state index contributed by atoms with van der Waals surface area (Å²) in [5.74, 6) is 0. The van der Waals surface area contributed by atoms with Crippen LogP contribution in [-0.2, 0) is 19.5 Å². The van der Waals surface area contributed by atoms with Crippen LogP contribution in [0.15, 0.2) is 54.6 Å². The summed E-state index contributed by atoms with van der Waals surface area (Å²) in [4.78, 5) is 2.70. The van der Waals surface area contributed by atoms with Gasteiger partial charge in [0.15, 0.2) is 0 Å². The minimum absolute atomic E-state index is 0.597. The molecule has 0 spiro atoms. The van der Waals surface area contributed by atoms with Crippen molar-refractivity contribution in [1.82, 2.24) is 9.47 Å². The number of hydrogen-bond acceptors (Lipinski definition) is 1. The summed E-state index contributed by atoms with van der Waals surface area (Å²) >= 11 is 0. The van der Waals surface area contributed by atoms with Crippen molar-refractivity contribution < 1.29 is 0 Å². The lowest BCUT2D eigenvalue weighted by Crippen LogP contribution is -2.38. The molecule has 2 aromatic carbocycles. The first-order chi connectivity index (χ1) is 11.4. The van der Waals surface area contributed by atoms with Crippen LogP contribution in [0.1, 0.15) is 35.7 Å². The van der Waals surface area contributed by atoms with E-state index in [2.05, 4.69) is 64.1 Å². The van der Waals surface area contributed by atoms with Crippen molar-refractivity contribution in [3.05, 3.63) is 71.4 Å². The smallest absolute Gasteiger partial charge is 0.0507 e. The molecule has 2 aliphatic rings. The van der Waals surface area contributed by atoms with Crippen LogP contribution in [-0.4, -0.2) is 16.0 Å². The van der Waals surface area contributed by atoms with E-state index in [0.29, 0.717) is 6.04 Å². The van der Waals surface area contributed by atoms with E-state index in [-0.39, 0.29) is 0 Å². The van der Waals surface area contributed by atoms with Crippen LogP contribution in [0.25, 0.3) is 10.9 Å². The number of fused-ring (bicyclic) bond motifs is 3. The lowest BCUT2D eigenvalue weighted by Gasteiger charge is -2.39. The van der Waals surface area contributed by atoms with E-state index < -0.39 is 0 Å². The Morgan fingerprint density at radius 1 is 0.913 bits per heavy atom. The van der Waals surface area contributed by atoms with Crippen molar-refractivity contribution in [1.29, 1.82) is 0 Å². The van der Waals surface area contributed by atoms with Gasteiger partial charge >= 0.3 is 0 Å². The highest BCUT2D eigenvalue weighted by Crippen LogP contribution is 2.42. The van der Waals surface area contributed by atoms with Crippen molar-refractivity contribution in [2.24, 2.45) is 0 Å². The fraction of sp³-hybridized carbons (Fsp3) is 0.333. The summed E-state index contributed by atoms with van der Waals surface area (Å²) in [5.41, 5.74) is 6.11. The predicted molar refractivity (Wildman–Crippen MR) is 94.5 cm³/mol. The minimum atomic E-state index is 0.597. The molecule has 2 aliphatic heterocycles. The first-order valence-corrected chi connectivity index (χ1v) is 8.80. The van der Waals surface area contributed by atoms with Crippen LogP contribution >= 0.6 is 0 Å². The second-order valence-corrected chi connectivity index (χ2v) is 6.90. The van der Waals surface area contributed by atoms with E-state index in [1.54, 1.807) is 11.3 Å². The largest absolute Gasteiger partial charge is 0.343 e. The molecule has 1 unspecified atom stereocenters. The summed E-state index contributed by atoms with van der Waals surface area (Å²) in [7, 11) is 0. The number of nitrogens with zero attached hydrogens (tertiary/aromatic N) is 2. The second-order valence-electron chi connectivity index (χ2n) is 6.90. The van der Waals surface area contributed by atoms with Gasteiger partial charge in [0.05, 0.1) is 6.04 Å². The Hall–Kier alpha value is -2.06. The van der Waals surface area contributed by atoms with E-state index in [4.69, 9.17) is 0 Å². The monoisotopic (exact) mass is 302 g/mol. The molecule has 3 heterocycles. The summed E-state index contributed by atoms with van der Waals surface area (Å²) < 4.78 is 2.61. The van der Waals surface area contributed by atoms with Gasteiger partial charge in [0, 0.05) is 36.2 Å². The topological polar surface area (TPSA) is 8.17 Å². The Morgan fingerprint density at radius 3 is 2.65 bits per heavy atom. The molecule has 116 valence electrons. The molecule has 5 rings (SSSR count). The molecule has 1 atom stereocenters. The molecule has 0 N–H and O–H groups in total. The third-order valence-corrected chi connectivity index (χ3v) is 5.61. The Kier molecular flexibility index (Phi) is 3.05. The lowest BCUT2D eigenvalue weighted by atomic mass is 9.92. The van der Waals surface area contributed by atoms with Gasteiger partial charge in [-0.25, -0.2) is 0 Å². The Labute approximate surface area is 137 Å². The molecular formula is C21H22N2. The molecule has 1 aromatic heterocycles. The molecule has 3 aromatic rings. The highest BCUT2D eigenvalue weighted by atomic mass is 15.2. The average Bonchev–Trinajstić information content (AvgIpc) is 2.94. The maximum absolute atomic E-state index is 2.70. The molecule has 2 nitrogen and oxygen atoms in total. The first-order valence-electron chi connectivity index (χ1n) is 8.80. The Bertz CT molecular complexity index is 814. The van der Waals surface area contributed by atoms with E-state index in [1.807, 2.05) is 0 Å². The van der Waals surface area contributed by atoms with Crippen molar-refractivity contribution in [3.63, 3.8) is 0 Å². The molecule has 0 aliphatic carbocycles. The Morgan fingerprint density at radius 2 is 1.74 bits per heavy atom. The summed E-state index contributed by atoms with van der Waals surface area (Å²) in [6.45, 7) is 3.44. The average molecular weight is 302 g/mol. The number of rotatable bonds is 2. The quantitative estimate of drug-likeness (QED) is 0.675. The number of benzene rings is 2. The molecule has 23 heavy (non-hydrogen) atoms. The van der Waals surface area contributed by atoms with Gasteiger partial charge in [0.2, 0.25) is 0 Å². The predicted octanol–water partition coefficient (Wildman–Crippen LogP) is 4.53. The van der Waals surface area contributed by atoms with Crippen LogP contribution in [0.3, 0.4) is 0 Å². The SMILES string of the molecule is c1ccc(CN2CCc3c4n(c5ccccc35)CCCC42)cc1. The van der Waals surface area contributed by atoms with Gasteiger partial charge in [-0.1, -0.05) is 48.5 Å². The molecule has 0 saturated heterocycles. The van der Waals surface area contributed by atoms with Gasteiger partial charge in [-0.3, -0.25) is 4.90 Å². The second kappa shape index (κ2) is 5.24. The van der Waals surface area contributed by atoms with Crippen molar-refractivity contribution in [2.45, 2.75) is 38.4 Å². The zero-order valence-electron chi connectivity index (χ0n) is 13.4. The summed E-state index contributed by atoms with van der Waals surface area (Å²) in [6.07, 6.45) is 3.78. The Balaban J connectivity index is 1.59. The standard InChI is InChI=1S/C21H22N2/c1-2-7-16(8-3-1)15-22-14-12-18-17-9-4-5-10-19(17)23-13-6-11-20(22)21(18)23/h1-5,7-10,20H,6,11-15H2. The number of hydrogen-bond donors (Lipinski definition) is 0. The van der Waals surface area contributed by atoms with Crippen molar-refractivity contribution in [3.8, 4) is 0 Å². The van der Waals surface area contributed by atoms with Gasteiger partial charge in [-0.2, -0.15) is 0 Å². The van der Waals surface area contributed by atoms with E-state index in [1.165, 1.54) is 48.8 Å². The molecule has 2 heteroatoms. The molecule has 0 radical (unpaired) electrons. The van der Waals surface area contributed by atoms with Gasteiger partial charge in [0.25, 0.3) is 0 Å². The van der Waals surface area contributed by atoms with Crippen molar-refractivity contribution >= 4 is 10.9 Å². The highest BCUT2D eigenvalue weighted by Gasteiger charge is 2.34. The zero-order valence-corrected chi connectivity index (χ0v) is 13.4. The molecule has 0 saturated carbocycles. The first kappa shape index (κ1) is 13.4.